The van der Waals surface area contributed by atoms with Crippen molar-refractivity contribution in [3.05, 3.63) is 37.1 Å². The highest BCUT2D eigenvalue weighted by atomic mass is 16.5. The molecule has 1 aromatic heterocycles. The molecule has 4 heteroatoms. The third kappa shape index (κ3) is 2.35. The molecule has 0 radical (unpaired) electrons. The second-order valence-corrected chi connectivity index (χ2v) is 5.21. The molecule has 0 aromatic carbocycles. The van der Waals surface area contributed by atoms with Crippen molar-refractivity contribution in [3.63, 3.8) is 0 Å². The maximum atomic E-state index is 11.8. The van der Waals surface area contributed by atoms with E-state index in [2.05, 4.69) is 11.6 Å². The average molecular weight is 258 g/mol. The minimum absolute atomic E-state index is 0.0591. The van der Waals surface area contributed by atoms with Crippen molar-refractivity contribution in [2.45, 2.75) is 43.9 Å². The lowest BCUT2D eigenvalue weighted by Crippen LogP contribution is -2.48. The average Bonchev–Trinajstić information content (AvgIpc) is 2.71. The second-order valence-electron chi connectivity index (χ2n) is 5.21. The standard InChI is InChI=1S/C15H18N2O2/c1-2-15(18)17-11-6-7-12(17)10-13(9-11)19-14-5-3-4-8-16-14/h2-5,8,11-13H,1,6-7,9-10H2/t11-,12+,13+. The van der Waals surface area contributed by atoms with Crippen LogP contribution in [0.4, 0.5) is 0 Å². The zero-order chi connectivity index (χ0) is 13.2. The number of fused-ring (bicyclic) bond motifs is 2. The summed E-state index contributed by atoms with van der Waals surface area (Å²) in [6, 6.07) is 6.29. The molecule has 2 aliphatic rings. The first kappa shape index (κ1) is 12.2. The number of aromatic nitrogens is 1. The normalized spacial score (nSPS) is 29.1. The lowest BCUT2D eigenvalue weighted by Gasteiger charge is -2.38. The Morgan fingerprint density at radius 1 is 1.37 bits per heavy atom. The highest BCUT2D eigenvalue weighted by Gasteiger charge is 2.43. The van der Waals surface area contributed by atoms with Crippen molar-refractivity contribution in [2.75, 3.05) is 0 Å². The molecular formula is C15H18N2O2. The Morgan fingerprint density at radius 2 is 2.11 bits per heavy atom. The number of pyridine rings is 1. The maximum absolute atomic E-state index is 11.8. The summed E-state index contributed by atoms with van der Waals surface area (Å²) in [5.41, 5.74) is 0. The van der Waals surface area contributed by atoms with E-state index in [1.807, 2.05) is 23.1 Å². The Morgan fingerprint density at radius 3 is 2.68 bits per heavy atom. The lowest BCUT2D eigenvalue weighted by atomic mass is 9.99. The van der Waals surface area contributed by atoms with Gasteiger partial charge in [0.15, 0.2) is 0 Å². The number of nitrogens with zero attached hydrogens (tertiary/aromatic N) is 2. The van der Waals surface area contributed by atoms with Gasteiger partial charge in [-0.1, -0.05) is 12.6 Å². The summed E-state index contributed by atoms with van der Waals surface area (Å²) in [7, 11) is 0. The van der Waals surface area contributed by atoms with Gasteiger partial charge in [-0.25, -0.2) is 4.98 Å². The van der Waals surface area contributed by atoms with Crippen LogP contribution in [0.1, 0.15) is 25.7 Å². The number of carbonyl (C=O) groups is 1. The predicted octanol–water partition coefficient (Wildman–Crippen LogP) is 2.17. The maximum Gasteiger partial charge on any atom is 0.246 e. The molecule has 3 rings (SSSR count). The zero-order valence-electron chi connectivity index (χ0n) is 10.9. The van der Waals surface area contributed by atoms with Crippen molar-refractivity contribution >= 4 is 5.91 Å². The first-order valence-corrected chi connectivity index (χ1v) is 6.80. The van der Waals surface area contributed by atoms with E-state index >= 15 is 0 Å². The number of ether oxygens (including phenoxy) is 1. The van der Waals surface area contributed by atoms with Gasteiger partial charge in [-0.2, -0.15) is 0 Å². The van der Waals surface area contributed by atoms with Crippen molar-refractivity contribution in [1.82, 2.24) is 9.88 Å². The molecule has 3 atom stereocenters. The molecule has 2 fully saturated rings. The number of piperidine rings is 1. The molecule has 2 saturated heterocycles. The summed E-state index contributed by atoms with van der Waals surface area (Å²) >= 11 is 0. The van der Waals surface area contributed by atoms with Crippen LogP contribution in [0.15, 0.2) is 37.1 Å². The van der Waals surface area contributed by atoms with Gasteiger partial charge in [0.2, 0.25) is 11.8 Å². The van der Waals surface area contributed by atoms with E-state index in [-0.39, 0.29) is 12.0 Å². The quantitative estimate of drug-likeness (QED) is 0.780. The van der Waals surface area contributed by atoms with E-state index in [0.717, 1.165) is 25.7 Å². The van der Waals surface area contributed by atoms with E-state index < -0.39 is 0 Å². The van der Waals surface area contributed by atoms with Crippen LogP contribution in [0, 0.1) is 0 Å². The summed E-state index contributed by atoms with van der Waals surface area (Å²) in [6.07, 6.45) is 7.27. The topological polar surface area (TPSA) is 42.4 Å². The van der Waals surface area contributed by atoms with Gasteiger partial charge >= 0.3 is 0 Å². The molecule has 0 spiro atoms. The van der Waals surface area contributed by atoms with Crippen molar-refractivity contribution in [1.29, 1.82) is 0 Å². The Labute approximate surface area is 113 Å². The third-order valence-electron chi connectivity index (χ3n) is 4.04. The molecule has 100 valence electrons. The summed E-state index contributed by atoms with van der Waals surface area (Å²) in [4.78, 5) is 18.0. The van der Waals surface area contributed by atoms with E-state index in [1.165, 1.54) is 6.08 Å². The highest BCUT2D eigenvalue weighted by molar-refractivity contribution is 5.87. The van der Waals surface area contributed by atoms with Gasteiger partial charge in [0.25, 0.3) is 0 Å². The van der Waals surface area contributed by atoms with Crippen LogP contribution in [-0.4, -0.2) is 34.0 Å². The molecule has 0 aliphatic carbocycles. The summed E-state index contributed by atoms with van der Waals surface area (Å²) in [5.74, 6) is 0.735. The lowest BCUT2D eigenvalue weighted by molar-refractivity contribution is -0.131. The minimum Gasteiger partial charge on any atom is -0.474 e. The smallest absolute Gasteiger partial charge is 0.246 e. The Kier molecular flexibility index (Phi) is 3.23. The number of hydrogen-bond donors (Lipinski definition) is 0. The molecule has 2 aliphatic heterocycles. The predicted molar refractivity (Wildman–Crippen MR) is 71.7 cm³/mol. The number of carbonyl (C=O) groups excluding carboxylic acids is 1. The largest absolute Gasteiger partial charge is 0.474 e. The van der Waals surface area contributed by atoms with Crippen molar-refractivity contribution in [3.8, 4) is 5.88 Å². The molecule has 0 unspecified atom stereocenters. The van der Waals surface area contributed by atoms with Gasteiger partial charge in [0.05, 0.1) is 0 Å². The first-order valence-electron chi connectivity index (χ1n) is 6.80. The molecule has 0 N–H and O–H groups in total. The third-order valence-corrected chi connectivity index (χ3v) is 4.04. The Hall–Kier alpha value is -1.84. The number of rotatable bonds is 3. The molecule has 1 aromatic rings. The molecule has 3 heterocycles. The second kappa shape index (κ2) is 5.03. The fraction of sp³-hybridized carbons (Fsp3) is 0.467. The number of amides is 1. The zero-order valence-corrected chi connectivity index (χ0v) is 10.9. The monoisotopic (exact) mass is 258 g/mol. The molecule has 19 heavy (non-hydrogen) atoms. The van der Waals surface area contributed by atoms with E-state index in [1.54, 1.807) is 6.20 Å². The summed E-state index contributed by atoms with van der Waals surface area (Å²) in [5, 5.41) is 0. The Bertz CT molecular complexity index is 460. The minimum atomic E-state index is 0.0591. The molecule has 2 bridgehead atoms. The summed E-state index contributed by atoms with van der Waals surface area (Å²) < 4.78 is 5.92. The molecule has 0 saturated carbocycles. The number of hydrogen-bond acceptors (Lipinski definition) is 3. The fourth-order valence-electron chi connectivity index (χ4n) is 3.28. The molecular weight excluding hydrogens is 240 g/mol. The van der Waals surface area contributed by atoms with Crippen molar-refractivity contribution in [2.24, 2.45) is 0 Å². The van der Waals surface area contributed by atoms with E-state index in [9.17, 15) is 4.79 Å². The van der Waals surface area contributed by atoms with Crippen LogP contribution in [0.3, 0.4) is 0 Å². The highest BCUT2D eigenvalue weighted by Crippen LogP contribution is 2.37. The molecule has 4 nitrogen and oxygen atoms in total. The first-order chi connectivity index (χ1) is 9.28. The van der Waals surface area contributed by atoms with E-state index in [0.29, 0.717) is 18.0 Å². The SMILES string of the molecule is C=CC(=O)N1[C@@H]2CC[C@H]1C[C@@H](Oc1ccccn1)C2. The van der Waals surface area contributed by atoms with Gasteiger partial charge in [-0.05, 0) is 25.0 Å². The van der Waals surface area contributed by atoms with Crippen LogP contribution < -0.4 is 4.74 Å². The summed E-state index contributed by atoms with van der Waals surface area (Å²) in [6.45, 7) is 3.59. The van der Waals surface area contributed by atoms with Gasteiger partial charge in [-0.15, -0.1) is 0 Å². The van der Waals surface area contributed by atoms with Crippen molar-refractivity contribution < 1.29 is 9.53 Å². The molecule has 1 amide bonds. The van der Waals surface area contributed by atoms with Gasteiger partial charge in [0.1, 0.15) is 6.10 Å². The van der Waals surface area contributed by atoms with Crippen LogP contribution in [0.2, 0.25) is 0 Å². The van der Waals surface area contributed by atoms with Crippen LogP contribution >= 0.6 is 0 Å². The van der Waals surface area contributed by atoms with Gasteiger partial charge in [-0.3, -0.25) is 4.79 Å². The Balaban J connectivity index is 1.67. The van der Waals surface area contributed by atoms with Crippen LogP contribution in [0.5, 0.6) is 5.88 Å². The van der Waals surface area contributed by atoms with E-state index in [4.69, 9.17) is 4.74 Å². The fourth-order valence-corrected chi connectivity index (χ4v) is 3.28. The van der Waals surface area contributed by atoms with Gasteiger partial charge in [0, 0.05) is 37.2 Å². The van der Waals surface area contributed by atoms with Gasteiger partial charge < -0.3 is 9.64 Å². The van der Waals surface area contributed by atoms with Crippen LogP contribution in [0.25, 0.3) is 0 Å². The van der Waals surface area contributed by atoms with Crippen LogP contribution in [-0.2, 0) is 4.79 Å².